The molecule has 1 saturated carbocycles. The Kier molecular flexibility index (Phi) is 9.28. The topological polar surface area (TPSA) is 0 Å². The molecule has 2 aromatic carbocycles. The van der Waals surface area contributed by atoms with Crippen LogP contribution in [0.2, 0.25) is 5.02 Å². The summed E-state index contributed by atoms with van der Waals surface area (Å²) in [5.41, 5.74) is 2.99. The van der Waals surface area contributed by atoms with Crippen LogP contribution in [0, 0.1) is 29.5 Å². The molecule has 0 amide bonds. The maximum atomic E-state index is 13.5. The third-order valence-corrected chi connectivity index (χ3v) is 6.80. The predicted octanol–water partition coefficient (Wildman–Crippen LogP) is 8.59. The van der Waals surface area contributed by atoms with E-state index in [0.29, 0.717) is 5.56 Å². The molecular formula is C28H34ClF. The van der Waals surface area contributed by atoms with E-state index in [1.54, 1.807) is 12.1 Å². The van der Waals surface area contributed by atoms with E-state index in [-0.39, 0.29) is 5.02 Å². The minimum atomic E-state index is -0.427. The SMILES string of the molecule is CCCCCC[C@H]1CC[C@H](CCc2ccc(C#Cc3ccc(Cl)c(F)c3)cc2)CC1. The summed E-state index contributed by atoms with van der Waals surface area (Å²) in [5.74, 6) is 7.58. The summed E-state index contributed by atoms with van der Waals surface area (Å²) in [5, 5.41) is 0.130. The van der Waals surface area contributed by atoms with Crippen molar-refractivity contribution in [3.05, 3.63) is 70.0 Å². The Morgan fingerprint density at radius 1 is 0.833 bits per heavy atom. The Labute approximate surface area is 187 Å². The number of unbranched alkanes of at least 4 members (excludes halogenated alkanes) is 3. The highest BCUT2D eigenvalue weighted by atomic mass is 35.5. The van der Waals surface area contributed by atoms with Crippen molar-refractivity contribution in [2.45, 2.75) is 77.6 Å². The average molecular weight is 425 g/mol. The maximum Gasteiger partial charge on any atom is 0.143 e. The largest absolute Gasteiger partial charge is 0.205 e. The highest BCUT2D eigenvalue weighted by Crippen LogP contribution is 2.34. The van der Waals surface area contributed by atoms with Gasteiger partial charge in [-0.05, 0) is 60.6 Å². The van der Waals surface area contributed by atoms with Crippen LogP contribution in [0.4, 0.5) is 4.39 Å². The molecule has 2 aromatic rings. The lowest BCUT2D eigenvalue weighted by Gasteiger charge is -2.28. The van der Waals surface area contributed by atoms with Crippen molar-refractivity contribution >= 4 is 11.6 Å². The summed E-state index contributed by atoms with van der Waals surface area (Å²) in [6.45, 7) is 2.29. The van der Waals surface area contributed by atoms with Gasteiger partial charge in [0.25, 0.3) is 0 Å². The zero-order chi connectivity index (χ0) is 21.2. The first-order chi connectivity index (χ1) is 14.6. The first-order valence-corrected chi connectivity index (χ1v) is 12.1. The molecule has 0 heterocycles. The second-order valence-electron chi connectivity index (χ2n) is 8.85. The fourth-order valence-electron chi connectivity index (χ4n) is 4.51. The molecule has 160 valence electrons. The lowest BCUT2D eigenvalue weighted by molar-refractivity contribution is 0.249. The number of rotatable bonds is 8. The van der Waals surface area contributed by atoms with E-state index in [0.717, 1.165) is 23.8 Å². The van der Waals surface area contributed by atoms with E-state index in [9.17, 15) is 4.39 Å². The van der Waals surface area contributed by atoms with Crippen LogP contribution < -0.4 is 0 Å². The number of hydrogen-bond acceptors (Lipinski definition) is 0. The van der Waals surface area contributed by atoms with Gasteiger partial charge in [0, 0.05) is 11.1 Å². The van der Waals surface area contributed by atoms with Gasteiger partial charge in [0.2, 0.25) is 0 Å². The highest BCUT2D eigenvalue weighted by Gasteiger charge is 2.20. The van der Waals surface area contributed by atoms with Crippen LogP contribution >= 0.6 is 11.6 Å². The molecule has 0 radical (unpaired) electrons. The normalized spacial score (nSPS) is 18.6. The summed E-state index contributed by atoms with van der Waals surface area (Å²) in [4.78, 5) is 0. The lowest BCUT2D eigenvalue weighted by Crippen LogP contribution is -2.15. The van der Waals surface area contributed by atoms with E-state index in [1.807, 2.05) is 0 Å². The Morgan fingerprint density at radius 3 is 2.13 bits per heavy atom. The van der Waals surface area contributed by atoms with Crippen LogP contribution in [0.1, 0.15) is 87.8 Å². The van der Waals surface area contributed by atoms with E-state index >= 15 is 0 Å². The minimum absolute atomic E-state index is 0.130. The minimum Gasteiger partial charge on any atom is -0.205 e. The summed E-state index contributed by atoms with van der Waals surface area (Å²) in [6, 6.07) is 13.2. The molecule has 30 heavy (non-hydrogen) atoms. The van der Waals surface area contributed by atoms with Crippen LogP contribution in [0.25, 0.3) is 0 Å². The van der Waals surface area contributed by atoms with Gasteiger partial charge in [0.05, 0.1) is 5.02 Å². The van der Waals surface area contributed by atoms with Crippen molar-refractivity contribution in [1.29, 1.82) is 0 Å². The second kappa shape index (κ2) is 12.2. The Bertz CT molecular complexity index is 835. The number of halogens is 2. The highest BCUT2D eigenvalue weighted by molar-refractivity contribution is 6.30. The average Bonchev–Trinajstić information content (AvgIpc) is 2.77. The number of aryl methyl sites for hydroxylation is 1. The molecule has 0 unspecified atom stereocenters. The zero-order valence-electron chi connectivity index (χ0n) is 18.2. The van der Waals surface area contributed by atoms with E-state index in [4.69, 9.17) is 11.6 Å². The van der Waals surface area contributed by atoms with Crippen molar-refractivity contribution in [3.63, 3.8) is 0 Å². The molecule has 0 nitrogen and oxygen atoms in total. The van der Waals surface area contributed by atoms with Gasteiger partial charge in [-0.15, -0.1) is 0 Å². The molecule has 0 aromatic heterocycles. The van der Waals surface area contributed by atoms with E-state index < -0.39 is 5.82 Å². The lowest BCUT2D eigenvalue weighted by atomic mass is 9.77. The molecule has 2 heteroatoms. The predicted molar refractivity (Wildman–Crippen MR) is 126 cm³/mol. The van der Waals surface area contributed by atoms with Crippen molar-refractivity contribution in [3.8, 4) is 11.8 Å². The van der Waals surface area contributed by atoms with Gasteiger partial charge in [-0.3, -0.25) is 0 Å². The summed E-state index contributed by atoms with van der Waals surface area (Å²) < 4.78 is 13.5. The summed E-state index contributed by atoms with van der Waals surface area (Å²) >= 11 is 5.72. The molecule has 0 N–H and O–H groups in total. The standard InChI is InChI=1S/C28H34ClF/c1-2-3-4-5-6-22-7-9-23(10-8-22)11-12-24-13-15-25(16-14-24)17-18-26-19-20-27(29)28(30)21-26/h13-16,19-23H,2-12H2,1H3/t22-,23-. The molecule has 1 fully saturated rings. The van der Waals surface area contributed by atoms with Gasteiger partial charge < -0.3 is 0 Å². The van der Waals surface area contributed by atoms with Crippen molar-refractivity contribution < 1.29 is 4.39 Å². The van der Waals surface area contributed by atoms with E-state index in [1.165, 1.54) is 75.8 Å². The van der Waals surface area contributed by atoms with Crippen molar-refractivity contribution in [2.24, 2.45) is 11.8 Å². The monoisotopic (exact) mass is 424 g/mol. The van der Waals surface area contributed by atoms with Crippen LogP contribution in [0.3, 0.4) is 0 Å². The molecule has 0 spiro atoms. The zero-order valence-corrected chi connectivity index (χ0v) is 19.0. The third kappa shape index (κ3) is 7.48. The van der Waals surface area contributed by atoms with Gasteiger partial charge in [0.1, 0.15) is 5.82 Å². The fraction of sp³-hybridized carbons (Fsp3) is 0.500. The first-order valence-electron chi connectivity index (χ1n) is 11.7. The molecule has 0 bridgehead atoms. The van der Waals surface area contributed by atoms with Crippen LogP contribution in [0.15, 0.2) is 42.5 Å². The van der Waals surface area contributed by atoms with Crippen molar-refractivity contribution in [1.82, 2.24) is 0 Å². The molecule has 0 atom stereocenters. The number of benzene rings is 2. The number of hydrogen-bond donors (Lipinski definition) is 0. The Hall–Kier alpha value is -1.78. The first kappa shape index (κ1) is 22.9. The van der Waals surface area contributed by atoms with Crippen LogP contribution in [-0.4, -0.2) is 0 Å². The van der Waals surface area contributed by atoms with Gasteiger partial charge >= 0.3 is 0 Å². The van der Waals surface area contributed by atoms with Crippen LogP contribution in [-0.2, 0) is 6.42 Å². The maximum absolute atomic E-state index is 13.5. The van der Waals surface area contributed by atoms with Crippen molar-refractivity contribution in [2.75, 3.05) is 0 Å². The molecule has 1 aliphatic carbocycles. The van der Waals surface area contributed by atoms with Gasteiger partial charge in [-0.1, -0.05) is 100 Å². The smallest absolute Gasteiger partial charge is 0.143 e. The summed E-state index contributed by atoms with van der Waals surface area (Å²) in [6.07, 6.45) is 15.2. The Morgan fingerprint density at radius 2 is 1.47 bits per heavy atom. The van der Waals surface area contributed by atoms with Gasteiger partial charge in [0.15, 0.2) is 0 Å². The van der Waals surface area contributed by atoms with Crippen LogP contribution in [0.5, 0.6) is 0 Å². The molecule has 0 aliphatic heterocycles. The second-order valence-corrected chi connectivity index (χ2v) is 9.26. The van der Waals surface area contributed by atoms with E-state index in [2.05, 4.69) is 43.0 Å². The third-order valence-electron chi connectivity index (χ3n) is 6.50. The molecule has 1 aliphatic rings. The Balaban J connectivity index is 1.40. The molecular weight excluding hydrogens is 391 g/mol. The summed E-state index contributed by atoms with van der Waals surface area (Å²) in [7, 11) is 0. The fourth-order valence-corrected chi connectivity index (χ4v) is 4.63. The molecule has 0 saturated heterocycles. The molecule has 3 rings (SSSR count). The van der Waals surface area contributed by atoms with Gasteiger partial charge in [-0.2, -0.15) is 0 Å². The van der Waals surface area contributed by atoms with Gasteiger partial charge in [-0.25, -0.2) is 4.39 Å². The quantitative estimate of drug-likeness (QED) is 0.294.